The zero-order chi connectivity index (χ0) is 42.3. The van der Waals surface area contributed by atoms with Crippen LogP contribution < -0.4 is 5.32 Å². The third-order valence-corrected chi connectivity index (χ3v) is 13.9. The van der Waals surface area contributed by atoms with Gasteiger partial charge in [0, 0.05) is 24.6 Å². The first-order valence-electron chi connectivity index (χ1n) is 22.0. The molecule has 5 heterocycles. The van der Waals surface area contributed by atoms with Gasteiger partial charge >= 0.3 is 6.09 Å². The topological polar surface area (TPSA) is 146 Å². The van der Waals surface area contributed by atoms with Crippen LogP contribution in [-0.4, -0.2) is 86.6 Å². The van der Waals surface area contributed by atoms with Crippen molar-refractivity contribution in [2.75, 3.05) is 26.9 Å². The number of hydrogen-bond donors (Lipinski definition) is 3. The van der Waals surface area contributed by atoms with Gasteiger partial charge in [0.2, 0.25) is 11.8 Å². The van der Waals surface area contributed by atoms with Crippen LogP contribution in [0.1, 0.15) is 101 Å². The zero-order valence-corrected chi connectivity index (χ0v) is 35.6. The van der Waals surface area contributed by atoms with Crippen LogP contribution >= 0.6 is 0 Å². The Morgan fingerprint density at radius 2 is 1.43 bits per heavy atom. The number of amides is 3. The van der Waals surface area contributed by atoms with Gasteiger partial charge in [-0.1, -0.05) is 99.1 Å². The van der Waals surface area contributed by atoms with Crippen molar-refractivity contribution in [3.8, 4) is 33.6 Å². The predicted molar refractivity (Wildman–Crippen MR) is 233 cm³/mol. The van der Waals surface area contributed by atoms with Gasteiger partial charge in [-0.3, -0.25) is 9.59 Å². The first-order valence-corrected chi connectivity index (χ1v) is 22.0. The number of nitrogens with one attached hydrogen (secondary N) is 3. The molecule has 3 saturated heterocycles. The summed E-state index contributed by atoms with van der Waals surface area (Å²) in [4.78, 5) is 61.3. The second-order valence-electron chi connectivity index (χ2n) is 18.1. The molecule has 1 spiro atoms. The van der Waals surface area contributed by atoms with Gasteiger partial charge in [0.15, 0.2) is 0 Å². The summed E-state index contributed by atoms with van der Waals surface area (Å²) < 4.78 is 10.8. The fourth-order valence-electron chi connectivity index (χ4n) is 10.6. The molecule has 0 bridgehead atoms. The van der Waals surface area contributed by atoms with E-state index in [0.29, 0.717) is 19.1 Å². The first-order chi connectivity index (χ1) is 29.6. The predicted octanol–water partition coefficient (Wildman–Crippen LogP) is 8.83. The fourth-order valence-corrected chi connectivity index (χ4v) is 10.6. The Kier molecular flexibility index (Phi) is 11.3. The lowest BCUT2D eigenvalue weighted by molar-refractivity contribution is -0.138. The molecule has 4 aliphatic rings. The number of nitrogens with zero attached hydrogens (tertiary/aromatic N) is 4. The van der Waals surface area contributed by atoms with Gasteiger partial charge in [-0.25, -0.2) is 14.8 Å². The molecule has 9 rings (SSSR count). The maximum Gasteiger partial charge on any atom is 0.407 e. The van der Waals surface area contributed by atoms with Crippen molar-refractivity contribution in [3.63, 3.8) is 0 Å². The highest BCUT2D eigenvalue weighted by atomic mass is 16.5. The standard InChI is InChI=1S/C49H57N7O5/c1-30(2)43(54-48(59)60-4)47(58)56-40-13-8-12-37(40)24-41(56)44-50-26-38(52-44)35-18-14-33(15-19-35)34-16-20-36(21-17-34)39-27-51-45(53-39)42-25-49(22-9-23-61-29-49)28-55(42)46(57)31(3)32-10-6-5-7-11-32/h5-7,10-11,14-21,26-27,30-31,37,40-43H,8-9,12-13,22-25,28-29H2,1-4H3,(H,50,52)(H,51,53)(H,54,59)/t31-,37+,40+,41+,42+,43+,49+/m1/s1. The third-order valence-electron chi connectivity index (χ3n) is 13.9. The van der Waals surface area contributed by atoms with Crippen LogP contribution in [0, 0.1) is 17.3 Å². The molecule has 318 valence electrons. The van der Waals surface area contributed by atoms with E-state index in [4.69, 9.17) is 19.4 Å². The summed E-state index contributed by atoms with van der Waals surface area (Å²) in [6.07, 6.45) is 10.0. The highest BCUT2D eigenvalue weighted by Gasteiger charge is 2.50. The van der Waals surface area contributed by atoms with E-state index in [-0.39, 0.29) is 47.2 Å². The molecule has 0 radical (unpaired) electrons. The second-order valence-corrected chi connectivity index (χ2v) is 18.1. The summed E-state index contributed by atoms with van der Waals surface area (Å²) in [5.74, 6) is 1.71. The van der Waals surface area contributed by atoms with E-state index in [2.05, 4.69) is 68.7 Å². The normalized spacial score (nSPS) is 24.5. The summed E-state index contributed by atoms with van der Waals surface area (Å²) in [6, 6.07) is 26.1. The maximum absolute atomic E-state index is 14.1. The number of carbonyl (C=O) groups excluding carboxylic acids is 3. The quantitative estimate of drug-likeness (QED) is 0.128. The van der Waals surface area contributed by atoms with Crippen LogP contribution in [0.4, 0.5) is 4.79 Å². The van der Waals surface area contributed by atoms with E-state index in [1.54, 1.807) is 0 Å². The number of likely N-dealkylation sites (tertiary alicyclic amines) is 2. The van der Waals surface area contributed by atoms with Gasteiger partial charge in [0.05, 0.1) is 55.5 Å². The number of imidazole rings is 2. The lowest BCUT2D eigenvalue weighted by atomic mass is 9.80. The average Bonchev–Trinajstić information content (AvgIpc) is 4.15. The molecule has 12 nitrogen and oxygen atoms in total. The number of methoxy groups -OCH3 is 1. The van der Waals surface area contributed by atoms with Gasteiger partial charge in [-0.15, -0.1) is 0 Å². The smallest absolute Gasteiger partial charge is 0.407 e. The highest BCUT2D eigenvalue weighted by molar-refractivity contribution is 5.87. The third kappa shape index (κ3) is 7.98. The number of rotatable bonds is 10. The molecule has 4 fully saturated rings. The van der Waals surface area contributed by atoms with E-state index in [0.717, 1.165) is 102 Å². The summed E-state index contributed by atoms with van der Waals surface area (Å²) in [6.45, 7) is 8.02. The number of aromatic amines is 2. The molecule has 0 unspecified atom stereocenters. The van der Waals surface area contributed by atoms with Gasteiger partial charge in [0.1, 0.15) is 17.7 Å². The van der Waals surface area contributed by atoms with E-state index in [9.17, 15) is 14.4 Å². The van der Waals surface area contributed by atoms with E-state index in [1.165, 1.54) is 7.11 Å². The van der Waals surface area contributed by atoms with Gasteiger partial charge in [0.25, 0.3) is 0 Å². The average molecular weight is 824 g/mol. The molecule has 3 N–H and O–H groups in total. The number of aromatic nitrogens is 4. The van der Waals surface area contributed by atoms with Crippen molar-refractivity contribution < 1.29 is 23.9 Å². The van der Waals surface area contributed by atoms with Gasteiger partial charge < -0.3 is 34.6 Å². The van der Waals surface area contributed by atoms with Crippen LogP contribution in [-0.2, 0) is 19.1 Å². The molecule has 3 aliphatic heterocycles. The number of benzene rings is 3. The Hall–Kier alpha value is -5.75. The minimum atomic E-state index is -0.679. The van der Waals surface area contributed by atoms with Crippen LogP contribution in [0.3, 0.4) is 0 Å². The van der Waals surface area contributed by atoms with Crippen LogP contribution in [0.2, 0.25) is 0 Å². The zero-order valence-electron chi connectivity index (χ0n) is 35.6. The van der Waals surface area contributed by atoms with Gasteiger partial charge in [-0.2, -0.15) is 0 Å². The SMILES string of the molecule is COC(=O)N[C@H](C(=O)N1[C@H](c2ncc(-c3ccc(-c4ccc(-c5cnc([C@@H]6C[C@@]7(CCCOC7)CN6C(=O)[C@H](C)c6ccccc6)[nH]5)cc4)cc3)[nH]2)C[C@@H]2CCC[C@@H]21)C(C)C. The highest BCUT2D eigenvalue weighted by Crippen LogP contribution is 2.49. The van der Waals surface area contributed by atoms with E-state index in [1.807, 2.05) is 68.4 Å². The minimum absolute atomic E-state index is 0.0570. The number of ether oxygens (including phenoxy) is 2. The van der Waals surface area contributed by atoms with Crippen molar-refractivity contribution in [2.24, 2.45) is 17.3 Å². The molecule has 61 heavy (non-hydrogen) atoms. The number of alkyl carbamates (subject to hydrolysis) is 1. The monoisotopic (exact) mass is 823 g/mol. The molecule has 7 atom stereocenters. The van der Waals surface area contributed by atoms with Crippen molar-refractivity contribution in [3.05, 3.63) is 108 Å². The molecular weight excluding hydrogens is 767 g/mol. The maximum atomic E-state index is 14.1. The van der Waals surface area contributed by atoms with E-state index >= 15 is 0 Å². The second kappa shape index (κ2) is 17.0. The molecule has 3 amide bonds. The van der Waals surface area contributed by atoms with Crippen LogP contribution in [0.5, 0.6) is 0 Å². The molecular formula is C49H57N7O5. The summed E-state index contributed by atoms with van der Waals surface area (Å²) >= 11 is 0. The summed E-state index contributed by atoms with van der Waals surface area (Å²) in [5.41, 5.74) is 6.99. The molecule has 1 aliphatic carbocycles. The summed E-state index contributed by atoms with van der Waals surface area (Å²) in [5, 5.41) is 2.79. The minimum Gasteiger partial charge on any atom is -0.453 e. The largest absolute Gasteiger partial charge is 0.453 e. The molecule has 5 aromatic rings. The van der Waals surface area contributed by atoms with Crippen molar-refractivity contribution in [1.29, 1.82) is 0 Å². The Bertz CT molecular complexity index is 2330. The van der Waals surface area contributed by atoms with Gasteiger partial charge in [-0.05, 0) is 85.1 Å². The Labute approximate surface area is 357 Å². The summed E-state index contributed by atoms with van der Waals surface area (Å²) in [7, 11) is 1.32. The Morgan fingerprint density at radius 3 is 2.02 bits per heavy atom. The number of fused-ring (bicyclic) bond motifs is 1. The number of hydrogen-bond acceptors (Lipinski definition) is 7. The molecule has 3 aromatic carbocycles. The van der Waals surface area contributed by atoms with Crippen molar-refractivity contribution in [1.82, 2.24) is 35.1 Å². The molecule has 1 saturated carbocycles. The molecule has 2 aromatic heterocycles. The fraction of sp³-hybridized carbons (Fsp3) is 0.449. The molecule has 12 heteroatoms. The van der Waals surface area contributed by atoms with Crippen molar-refractivity contribution >= 4 is 17.9 Å². The van der Waals surface area contributed by atoms with Crippen LogP contribution in [0.25, 0.3) is 33.6 Å². The number of carbonyl (C=O) groups is 3. The lowest BCUT2D eigenvalue weighted by Gasteiger charge is -2.33. The Morgan fingerprint density at radius 1 is 0.803 bits per heavy atom. The van der Waals surface area contributed by atoms with Crippen LogP contribution in [0.15, 0.2) is 91.3 Å². The lowest BCUT2D eigenvalue weighted by Crippen LogP contribution is -2.53. The first kappa shape index (κ1) is 40.6. The van der Waals surface area contributed by atoms with E-state index < -0.39 is 12.1 Å². The Balaban J connectivity index is 0.891. The number of H-pyrrole nitrogens is 2. The van der Waals surface area contributed by atoms with Crippen molar-refractivity contribution in [2.45, 2.75) is 95.8 Å².